The standard InChI is InChI=1S/C11H13N3O4/c1-6-3-4-9(8(5-15)13-6)18-7(2)10(16)14-11(12)17/h3-5,7H,1-2H3,(H3,12,14,16,17). The molecular formula is C11H13N3O4. The topological polar surface area (TPSA) is 111 Å². The van der Waals surface area contributed by atoms with Gasteiger partial charge in [0.05, 0.1) is 0 Å². The van der Waals surface area contributed by atoms with Crippen LogP contribution in [0.2, 0.25) is 0 Å². The second-order valence-corrected chi connectivity index (χ2v) is 3.57. The summed E-state index contributed by atoms with van der Waals surface area (Å²) in [6.45, 7) is 3.15. The van der Waals surface area contributed by atoms with Gasteiger partial charge < -0.3 is 10.5 Å². The van der Waals surface area contributed by atoms with E-state index in [4.69, 9.17) is 10.5 Å². The molecule has 0 saturated carbocycles. The predicted octanol–water partition coefficient (Wildman–Crippen LogP) is 0.165. The lowest BCUT2D eigenvalue weighted by Crippen LogP contribution is -2.42. The average Bonchev–Trinajstić information content (AvgIpc) is 2.30. The third-order valence-electron chi connectivity index (χ3n) is 2.06. The summed E-state index contributed by atoms with van der Waals surface area (Å²) in [5, 5.41) is 1.88. The van der Waals surface area contributed by atoms with Crippen molar-refractivity contribution in [1.82, 2.24) is 10.3 Å². The van der Waals surface area contributed by atoms with Gasteiger partial charge in [0.1, 0.15) is 11.4 Å². The number of hydrogen-bond acceptors (Lipinski definition) is 5. The third-order valence-corrected chi connectivity index (χ3v) is 2.06. The first-order chi connectivity index (χ1) is 8.43. The van der Waals surface area contributed by atoms with Gasteiger partial charge in [-0.15, -0.1) is 0 Å². The zero-order valence-corrected chi connectivity index (χ0v) is 9.97. The van der Waals surface area contributed by atoms with Crippen molar-refractivity contribution in [3.05, 3.63) is 23.5 Å². The smallest absolute Gasteiger partial charge is 0.318 e. The number of aldehydes is 1. The highest BCUT2D eigenvalue weighted by Crippen LogP contribution is 2.16. The van der Waals surface area contributed by atoms with Gasteiger partial charge in [0, 0.05) is 5.69 Å². The number of aromatic nitrogens is 1. The molecule has 0 saturated heterocycles. The van der Waals surface area contributed by atoms with E-state index in [1.54, 1.807) is 13.0 Å². The first kappa shape index (κ1) is 13.6. The van der Waals surface area contributed by atoms with Gasteiger partial charge in [-0.05, 0) is 26.0 Å². The molecule has 7 heteroatoms. The summed E-state index contributed by atoms with van der Waals surface area (Å²) in [5.41, 5.74) is 5.55. The number of primary amides is 1. The zero-order valence-electron chi connectivity index (χ0n) is 9.97. The van der Waals surface area contributed by atoms with Crippen LogP contribution in [0.4, 0.5) is 4.79 Å². The lowest BCUT2D eigenvalue weighted by Gasteiger charge is -2.14. The Bertz CT molecular complexity index is 487. The Labute approximate surface area is 103 Å². The zero-order chi connectivity index (χ0) is 13.7. The molecule has 1 rings (SSSR count). The number of nitrogens with two attached hydrogens (primary N) is 1. The van der Waals surface area contributed by atoms with E-state index in [0.717, 1.165) is 0 Å². The van der Waals surface area contributed by atoms with Crippen LogP contribution in [-0.4, -0.2) is 29.3 Å². The van der Waals surface area contributed by atoms with Crippen LogP contribution in [0.5, 0.6) is 5.75 Å². The number of carbonyl (C=O) groups excluding carboxylic acids is 3. The number of aryl methyl sites for hydroxylation is 1. The fourth-order valence-electron chi connectivity index (χ4n) is 1.22. The first-order valence-electron chi connectivity index (χ1n) is 5.14. The van der Waals surface area contributed by atoms with Gasteiger partial charge in [-0.25, -0.2) is 9.78 Å². The van der Waals surface area contributed by atoms with Gasteiger partial charge in [0.2, 0.25) is 0 Å². The minimum atomic E-state index is -0.972. The molecule has 0 aliphatic heterocycles. The van der Waals surface area contributed by atoms with Crippen molar-refractivity contribution in [1.29, 1.82) is 0 Å². The molecule has 0 spiro atoms. The molecule has 0 radical (unpaired) electrons. The fourth-order valence-corrected chi connectivity index (χ4v) is 1.22. The van der Waals surface area contributed by atoms with Gasteiger partial charge in [-0.1, -0.05) is 0 Å². The van der Waals surface area contributed by atoms with Crippen molar-refractivity contribution in [3.8, 4) is 5.75 Å². The molecular weight excluding hydrogens is 238 g/mol. The van der Waals surface area contributed by atoms with Crippen molar-refractivity contribution in [2.75, 3.05) is 0 Å². The van der Waals surface area contributed by atoms with Gasteiger partial charge in [-0.2, -0.15) is 0 Å². The molecule has 18 heavy (non-hydrogen) atoms. The van der Waals surface area contributed by atoms with E-state index >= 15 is 0 Å². The van der Waals surface area contributed by atoms with Crippen LogP contribution < -0.4 is 15.8 Å². The number of imide groups is 1. The number of ether oxygens (including phenoxy) is 1. The van der Waals surface area contributed by atoms with E-state index in [1.165, 1.54) is 13.0 Å². The number of pyridine rings is 1. The van der Waals surface area contributed by atoms with Crippen molar-refractivity contribution >= 4 is 18.2 Å². The Morgan fingerprint density at radius 3 is 2.72 bits per heavy atom. The van der Waals surface area contributed by atoms with Crippen molar-refractivity contribution in [2.24, 2.45) is 5.73 Å². The van der Waals surface area contributed by atoms with Gasteiger partial charge in [0.15, 0.2) is 12.4 Å². The number of amides is 3. The number of carbonyl (C=O) groups is 3. The summed E-state index contributed by atoms with van der Waals surface area (Å²) in [7, 11) is 0. The highest BCUT2D eigenvalue weighted by Gasteiger charge is 2.18. The fraction of sp³-hybridized carbons (Fsp3) is 0.273. The number of urea groups is 1. The molecule has 0 fully saturated rings. The number of nitrogens with one attached hydrogen (secondary N) is 1. The number of hydrogen-bond donors (Lipinski definition) is 2. The maximum Gasteiger partial charge on any atom is 0.318 e. The molecule has 7 nitrogen and oxygen atoms in total. The van der Waals surface area contributed by atoms with E-state index in [9.17, 15) is 14.4 Å². The lowest BCUT2D eigenvalue weighted by molar-refractivity contribution is -0.126. The molecule has 3 N–H and O–H groups in total. The minimum absolute atomic E-state index is 0.0914. The molecule has 3 amide bonds. The molecule has 0 aromatic carbocycles. The highest BCUT2D eigenvalue weighted by atomic mass is 16.5. The molecule has 1 aromatic rings. The predicted molar refractivity (Wildman–Crippen MR) is 62.2 cm³/mol. The quantitative estimate of drug-likeness (QED) is 0.740. The van der Waals surface area contributed by atoms with Crippen molar-refractivity contribution < 1.29 is 19.1 Å². The summed E-state index contributed by atoms with van der Waals surface area (Å²) in [6, 6.07) is 2.20. The maximum atomic E-state index is 11.4. The summed E-state index contributed by atoms with van der Waals surface area (Å²) in [6.07, 6.45) is -0.443. The summed E-state index contributed by atoms with van der Waals surface area (Å²) >= 11 is 0. The number of rotatable bonds is 4. The number of nitrogens with zero attached hydrogens (tertiary/aromatic N) is 1. The SMILES string of the molecule is Cc1ccc(OC(C)C(=O)NC(N)=O)c(C=O)n1. The normalized spacial score (nSPS) is 11.4. The summed E-state index contributed by atoms with van der Waals surface area (Å²) < 4.78 is 5.24. The van der Waals surface area contributed by atoms with Crippen LogP contribution in [0.3, 0.4) is 0 Å². The maximum absolute atomic E-state index is 11.4. The Morgan fingerprint density at radius 1 is 1.50 bits per heavy atom. The molecule has 0 aliphatic rings. The van der Waals surface area contributed by atoms with Crippen LogP contribution >= 0.6 is 0 Å². The summed E-state index contributed by atoms with van der Waals surface area (Å²) in [5.74, 6) is -0.525. The monoisotopic (exact) mass is 251 g/mol. The average molecular weight is 251 g/mol. The summed E-state index contributed by atoms with van der Waals surface area (Å²) in [4.78, 5) is 36.6. The second-order valence-electron chi connectivity index (χ2n) is 3.57. The molecule has 1 unspecified atom stereocenters. The van der Waals surface area contributed by atoms with Crippen molar-refractivity contribution in [3.63, 3.8) is 0 Å². The molecule has 96 valence electrons. The molecule has 1 heterocycles. The second kappa shape index (κ2) is 5.76. The molecule has 1 atom stereocenters. The first-order valence-corrected chi connectivity index (χ1v) is 5.14. The largest absolute Gasteiger partial charge is 0.478 e. The van der Waals surface area contributed by atoms with Crippen LogP contribution in [0.25, 0.3) is 0 Å². The third kappa shape index (κ3) is 3.55. The van der Waals surface area contributed by atoms with Crippen LogP contribution in [0.15, 0.2) is 12.1 Å². The van der Waals surface area contributed by atoms with Gasteiger partial charge in [-0.3, -0.25) is 14.9 Å². The van der Waals surface area contributed by atoms with Crippen LogP contribution in [0, 0.1) is 6.92 Å². The van der Waals surface area contributed by atoms with E-state index in [-0.39, 0.29) is 11.4 Å². The Morgan fingerprint density at radius 2 is 2.17 bits per heavy atom. The van der Waals surface area contributed by atoms with Gasteiger partial charge in [0.25, 0.3) is 5.91 Å². The van der Waals surface area contributed by atoms with E-state index in [1.807, 2.05) is 5.32 Å². The van der Waals surface area contributed by atoms with Gasteiger partial charge >= 0.3 is 6.03 Å². The molecule has 0 aliphatic carbocycles. The van der Waals surface area contributed by atoms with E-state index in [0.29, 0.717) is 12.0 Å². The highest BCUT2D eigenvalue weighted by molar-refractivity contribution is 5.95. The van der Waals surface area contributed by atoms with E-state index < -0.39 is 18.0 Å². The van der Waals surface area contributed by atoms with Crippen LogP contribution in [0.1, 0.15) is 23.1 Å². The Hall–Kier alpha value is -2.44. The Kier molecular flexibility index (Phi) is 4.36. The Balaban J connectivity index is 2.81. The van der Waals surface area contributed by atoms with Crippen LogP contribution in [-0.2, 0) is 4.79 Å². The lowest BCUT2D eigenvalue weighted by atomic mass is 10.3. The van der Waals surface area contributed by atoms with Crippen molar-refractivity contribution in [2.45, 2.75) is 20.0 Å². The minimum Gasteiger partial charge on any atom is -0.478 e. The molecule has 1 aromatic heterocycles. The molecule has 0 bridgehead atoms. The van der Waals surface area contributed by atoms with E-state index in [2.05, 4.69) is 4.98 Å².